The third-order valence-corrected chi connectivity index (χ3v) is 5.53. The number of carbonyl (C=O) groups is 1. The second-order valence-electron chi connectivity index (χ2n) is 7.18. The Bertz CT molecular complexity index is 1450. The van der Waals surface area contributed by atoms with E-state index in [1.807, 2.05) is 20.0 Å². The van der Waals surface area contributed by atoms with Crippen LogP contribution in [-0.4, -0.2) is 40.8 Å². The maximum atomic E-state index is 15.6. The van der Waals surface area contributed by atoms with Gasteiger partial charge in [-0.15, -0.1) is 0 Å². The summed E-state index contributed by atoms with van der Waals surface area (Å²) in [5, 5.41) is 14.4. The minimum Gasteiger partial charge on any atom is -0.312 e. The molecule has 1 amide bonds. The molecule has 0 saturated heterocycles. The van der Waals surface area contributed by atoms with E-state index < -0.39 is 11.9 Å². The first-order valence-electron chi connectivity index (χ1n) is 9.38. The van der Waals surface area contributed by atoms with Crippen molar-refractivity contribution < 1.29 is 9.18 Å². The lowest BCUT2D eigenvalue weighted by Crippen LogP contribution is -2.11. The van der Waals surface area contributed by atoms with Crippen LogP contribution in [0.3, 0.4) is 0 Å². The number of halogens is 2. The number of nitrogens with one attached hydrogen (secondary N) is 2. The van der Waals surface area contributed by atoms with Gasteiger partial charge in [0.05, 0.1) is 47.1 Å². The molecule has 0 aliphatic rings. The number of hydrogen-bond acceptors (Lipinski definition) is 5. The highest BCUT2D eigenvalue weighted by Crippen LogP contribution is 2.41. The largest absolute Gasteiger partial charge is 0.312 e. The van der Waals surface area contributed by atoms with E-state index in [9.17, 15) is 4.79 Å². The fourth-order valence-corrected chi connectivity index (χ4v) is 4.02. The zero-order valence-electron chi connectivity index (χ0n) is 16.5. The minimum atomic E-state index is -0.565. The summed E-state index contributed by atoms with van der Waals surface area (Å²) in [5.41, 5.74) is 3.23. The molecule has 1 aromatic carbocycles. The van der Waals surface area contributed by atoms with Crippen LogP contribution in [0, 0.1) is 12.7 Å². The predicted molar refractivity (Wildman–Crippen MR) is 114 cm³/mol. The molecule has 0 bridgehead atoms. The molecule has 5 aromatic rings. The van der Waals surface area contributed by atoms with Gasteiger partial charge in [0.2, 0.25) is 6.41 Å². The summed E-state index contributed by atoms with van der Waals surface area (Å²) >= 11 is 6.54. The van der Waals surface area contributed by atoms with E-state index in [4.69, 9.17) is 11.6 Å². The van der Waals surface area contributed by atoms with Crippen LogP contribution < -0.4 is 5.32 Å². The number of aromatic amines is 1. The first-order chi connectivity index (χ1) is 15.0. The summed E-state index contributed by atoms with van der Waals surface area (Å²) in [6.45, 7) is 3.76. The molecule has 9 nitrogen and oxygen atoms in total. The van der Waals surface area contributed by atoms with Crippen molar-refractivity contribution in [3.63, 3.8) is 0 Å². The maximum absolute atomic E-state index is 15.6. The summed E-state index contributed by atoms with van der Waals surface area (Å²) in [4.78, 5) is 19.3. The zero-order chi connectivity index (χ0) is 21.7. The molecule has 5 rings (SSSR count). The number of aryl methyl sites for hydroxylation is 1. The van der Waals surface area contributed by atoms with Crippen LogP contribution in [0.4, 0.5) is 10.2 Å². The van der Waals surface area contributed by atoms with Gasteiger partial charge in [-0.25, -0.2) is 9.37 Å². The van der Waals surface area contributed by atoms with Gasteiger partial charge in [-0.2, -0.15) is 10.2 Å². The first kappa shape index (κ1) is 19.2. The lowest BCUT2D eigenvalue weighted by atomic mass is 9.98. The number of anilines is 1. The number of nitrogens with zero attached hydrogens (tertiary/aromatic N) is 6. The maximum Gasteiger partial charge on any atom is 0.212 e. The second kappa shape index (κ2) is 7.17. The summed E-state index contributed by atoms with van der Waals surface area (Å²) in [5.74, 6) is -0.191. The third kappa shape index (κ3) is 3.03. The van der Waals surface area contributed by atoms with Crippen LogP contribution in [0.15, 0.2) is 37.2 Å². The van der Waals surface area contributed by atoms with Crippen molar-refractivity contribution in [3.8, 4) is 11.3 Å². The Morgan fingerprint density at radius 1 is 1.26 bits per heavy atom. The number of hydrogen-bond donors (Lipinski definition) is 2. The van der Waals surface area contributed by atoms with Gasteiger partial charge >= 0.3 is 0 Å². The van der Waals surface area contributed by atoms with Gasteiger partial charge in [-0.05, 0) is 19.4 Å². The molecule has 1 unspecified atom stereocenters. The number of carbonyl (C=O) groups excluding carboxylic acids is 1. The Morgan fingerprint density at radius 3 is 2.84 bits per heavy atom. The first-order valence-corrected chi connectivity index (χ1v) is 9.75. The molecule has 156 valence electrons. The SMILES string of the molecule is Cc1cnn(C(C)c2c(F)c(Cl)c(-c3cn4cc(NC=O)nc4cn3)c3cn[nH]c23)c1. The number of amides is 1. The summed E-state index contributed by atoms with van der Waals surface area (Å²) in [6.07, 6.45) is 10.5. The quantitative estimate of drug-likeness (QED) is 0.406. The number of benzene rings is 1. The number of rotatable bonds is 5. The monoisotopic (exact) mass is 438 g/mol. The second-order valence-corrected chi connectivity index (χ2v) is 7.55. The Balaban J connectivity index is 1.70. The van der Waals surface area contributed by atoms with E-state index in [0.717, 1.165) is 5.56 Å². The van der Waals surface area contributed by atoms with Gasteiger partial charge in [-0.3, -0.25) is 19.6 Å². The molecule has 31 heavy (non-hydrogen) atoms. The lowest BCUT2D eigenvalue weighted by Gasteiger charge is -2.17. The molecule has 0 saturated carbocycles. The van der Waals surface area contributed by atoms with Gasteiger partial charge in [-0.1, -0.05) is 11.6 Å². The Morgan fingerprint density at radius 2 is 2.10 bits per heavy atom. The fourth-order valence-electron chi connectivity index (χ4n) is 3.71. The number of aromatic nitrogens is 7. The van der Waals surface area contributed by atoms with Gasteiger partial charge in [0, 0.05) is 28.9 Å². The van der Waals surface area contributed by atoms with Crippen molar-refractivity contribution >= 4 is 40.4 Å². The Labute approximate surface area is 179 Å². The highest BCUT2D eigenvalue weighted by atomic mass is 35.5. The molecule has 2 N–H and O–H groups in total. The van der Waals surface area contributed by atoms with Crippen LogP contribution in [-0.2, 0) is 4.79 Å². The van der Waals surface area contributed by atoms with E-state index in [1.165, 1.54) is 6.20 Å². The summed E-state index contributed by atoms with van der Waals surface area (Å²) < 4.78 is 19.0. The average Bonchev–Trinajstić information content (AvgIpc) is 3.48. The average molecular weight is 439 g/mol. The van der Waals surface area contributed by atoms with Crippen molar-refractivity contribution in [1.82, 2.24) is 34.3 Å². The smallest absolute Gasteiger partial charge is 0.212 e. The predicted octanol–water partition coefficient (Wildman–Crippen LogP) is 3.75. The minimum absolute atomic E-state index is 0.0576. The number of imidazole rings is 1. The highest BCUT2D eigenvalue weighted by molar-refractivity contribution is 6.35. The molecule has 4 heterocycles. The van der Waals surface area contributed by atoms with Crippen molar-refractivity contribution in [2.24, 2.45) is 0 Å². The van der Waals surface area contributed by atoms with Crippen LogP contribution in [0.1, 0.15) is 24.1 Å². The fraction of sp³-hybridized carbons (Fsp3) is 0.150. The van der Waals surface area contributed by atoms with E-state index in [1.54, 1.807) is 33.9 Å². The molecule has 0 aliphatic carbocycles. The molecule has 0 spiro atoms. The van der Waals surface area contributed by atoms with Crippen LogP contribution in [0.2, 0.25) is 5.02 Å². The number of H-pyrrole nitrogens is 1. The topological polar surface area (TPSA) is 106 Å². The third-order valence-electron chi connectivity index (χ3n) is 5.18. The van der Waals surface area contributed by atoms with E-state index in [2.05, 4.69) is 30.6 Å². The molecular formula is C20H16ClFN8O. The molecule has 0 radical (unpaired) electrons. The number of fused-ring (bicyclic) bond motifs is 2. The summed E-state index contributed by atoms with van der Waals surface area (Å²) in [6, 6.07) is -0.413. The van der Waals surface area contributed by atoms with Gasteiger partial charge in [0.1, 0.15) is 5.82 Å². The molecule has 0 fully saturated rings. The van der Waals surface area contributed by atoms with E-state index >= 15 is 4.39 Å². The molecule has 1 atom stereocenters. The molecule has 11 heteroatoms. The van der Waals surface area contributed by atoms with Crippen LogP contribution in [0.25, 0.3) is 27.8 Å². The van der Waals surface area contributed by atoms with Gasteiger partial charge in [0.25, 0.3) is 0 Å². The van der Waals surface area contributed by atoms with Gasteiger partial charge in [0.15, 0.2) is 11.5 Å². The van der Waals surface area contributed by atoms with Crippen molar-refractivity contribution in [3.05, 3.63) is 59.1 Å². The van der Waals surface area contributed by atoms with E-state index in [-0.39, 0.29) is 5.02 Å². The van der Waals surface area contributed by atoms with Crippen molar-refractivity contribution in [2.45, 2.75) is 19.9 Å². The van der Waals surface area contributed by atoms with Crippen molar-refractivity contribution in [1.29, 1.82) is 0 Å². The Hall–Kier alpha value is -3.79. The molecule has 0 aliphatic heterocycles. The summed E-state index contributed by atoms with van der Waals surface area (Å²) in [7, 11) is 0. The molecule has 4 aromatic heterocycles. The highest BCUT2D eigenvalue weighted by Gasteiger charge is 2.26. The standard InChI is InChI=1S/C20H16ClFN8O/c1-10-3-26-30(6-10)11(2)16-19(22)18(21)17(12-4-25-28-20(12)16)13-7-29-8-14(24-9-31)27-15(29)5-23-13/h3-9,11H,1-2H3,(H,24,31)(H,25,28). The van der Waals surface area contributed by atoms with Crippen LogP contribution in [0.5, 0.6) is 0 Å². The Kier molecular flexibility index (Phi) is 4.44. The van der Waals surface area contributed by atoms with E-state index in [0.29, 0.717) is 45.6 Å². The van der Waals surface area contributed by atoms with Crippen LogP contribution >= 0.6 is 11.6 Å². The molecular weight excluding hydrogens is 423 g/mol. The normalized spacial score (nSPS) is 12.5. The van der Waals surface area contributed by atoms with Gasteiger partial charge < -0.3 is 9.72 Å². The van der Waals surface area contributed by atoms with Crippen molar-refractivity contribution in [2.75, 3.05) is 5.32 Å². The zero-order valence-corrected chi connectivity index (χ0v) is 17.2. The lowest BCUT2D eigenvalue weighted by molar-refractivity contribution is -0.105.